The molecule has 0 bridgehead atoms. The summed E-state index contributed by atoms with van der Waals surface area (Å²) < 4.78 is 2.96. The third-order valence-corrected chi connectivity index (χ3v) is 14.2. The summed E-state index contributed by atoms with van der Waals surface area (Å²) in [6.07, 6.45) is 0. The summed E-state index contributed by atoms with van der Waals surface area (Å²) in [5, 5.41) is 0. The van der Waals surface area contributed by atoms with Crippen molar-refractivity contribution in [1.29, 1.82) is 0 Å². The van der Waals surface area contributed by atoms with Crippen LogP contribution >= 0.6 is 8.60 Å². The van der Waals surface area contributed by atoms with Gasteiger partial charge in [-0.2, -0.15) is 0 Å². The molecule has 4 aromatic carbocycles. The second-order valence-electron chi connectivity index (χ2n) is 6.97. The molecule has 0 spiro atoms. The first-order valence-corrected chi connectivity index (χ1v) is 16.1. The molecule has 0 atom stereocenters. The molecule has 0 aliphatic carbocycles. The Hall–Kier alpha value is -1.73. The van der Waals surface area contributed by atoms with Gasteiger partial charge in [0.2, 0.25) is 0 Å². The summed E-state index contributed by atoms with van der Waals surface area (Å²) in [4.78, 5) is 0. The van der Waals surface area contributed by atoms with Crippen molar-refractivity contribution in [1.82, 2.24) is 0 Å². The molecule has 0 saturated carbocycles. The van der Waals surface area contributed by atoms with E-state index in [0.717, 1.165) is 0 Å². The van der Waals surface area contributed by atoms with Gasteiger partial charge in [0.25, 0.3) is 0 Å². The van der Waals surface area contributed by atoms with E-state index in [-0.39, 0.29) is 0 Å². The predicted molar refractivity (Wildman–Crippen MR) is 132 cm³/mol. The molecule has 4 aromatic rings. The van der Waals surface area contributed by atoms with Crippen molar-refractivity contribution >= 4 is 45.2 Å². The molecule has 3 heteroatoms. The Labute approximate surface area is 188 Å². The van der Waals surface area contributed by atoms with E-state index in [0.29, 0.717) is 27.7 Å². The molecule has 0 unspecified atom stereocenters. The Balaban J connectivity index is 1.55. The van der Waals surface area contributed by atoms with Crippen LogP contribution in [0.4, 0.5) is 0 Å². The van der Waals surface area contributed by atoms with Crippen molar-refractivity contribution in [3.8, 4) is 22.3 Å². The maximum absolute atomic E-state index is 2.33. The van der Waals surface area contributed by atoms with Gasteiger partial charge < -0.3 is 0 Å². The van der Waals surface area contributed by atoms with Crippen molar-refractivity contribution in [2.75, 3.05) is 0 Å². The van der Waals surface area contributed by atoms with Gasteiger partial charge in [-0.25, -0.2) is 0 Å². The first kappa shape index (κ1) is 20.5. The molecule has 0 heterocycles. The van der Waals surface area contributed by atoms with Gasteiger partial charge in [-0.15, -0.1) is 0 Å². The molecule has 4 rings (SSSR count). The van der Waals surface area contributed by atoms with Crippen LogP contribution in [0.5, 0.6) is 0 Å². The molecule has 0 nitrogen and oxygen atoms in total. The van der Waals surface area contributed by atoms with Gasteiger partial charge in [0.05, 0.1) is 0 Å². The van der Waals surface area contributed by atoms with Crippen LogP contribution in [0.25, 0.3) is 22.3 Å². The summed E-state index contributed by atoms with van der Waals surface area (Å²) >= 11 is 0.773. The third kappa shape index (κ3) is 5.25. The van der Waals surface area contributed by atoms with Gasteiger partial charge in [-0.05, 0) is 0 Å². The number of hydrogen-bond donors (Lipinski definition) is 0. The summed E-state index contributed by atoms with van der Waals surface area (Å²) in [6.45, 7) is 4.36. The molecule has 0 aliphatic heterocycles. The van der Waals surface area contributed by atoms with E-state index in [1.165, 1.54) is 42.3 Å². The van der Waals surface area contributed by atoms with Crippen molar-refractivity contribution in [2.45, 2.75) is 13.8 Å². The molecular weight excluding hydrogens is 502 g/mol. The van der Waals surface area contributed by atoms with Crippen molar-refractivity contribution in [3.63, 3.8) is 0 Å². The fourth-order valence-electron chi connectivity index (χ4n) is 3.21. The summed E-state index contributed by atoms with van der Waals surface area (Å²) in [7, 11) is 2.11. The van der Waals surface area contributed by atoms with E-state index >= 15 is 0 Å². The second-order valence-corrected chi connectivity index (χ2v) is 16.7. The predicted octanol–water partition coefficient (Wildman–Crippen LogP) is 5.56. The minimum atomic E-state index is 0.387. The van der Waals surface area contributed by atoms with Crippen LogP contribution in [-0.2, 0) is 0 Å². The third-order valence-electron chi connectivity index (χ3n) is 4.69. The van der Waals surface area contributed by atoms with Crippen LogP contribution in [0.2, 0.25) is 0 Å². The monoisotopic (exact) mass is 526 g/mol. The molecule has 0 N–H and O–H groups in total. The summed E-state index contributed by atoms with van der Waals surface area (Å²) in [5.41, 5.74) is 8.07. The van der Waals surface area contributed by atoms with Crippen LogP contribution in [0, 0.1) is 13.8 Å². The molecule has 29 heavy (non-hydrogen) atoms. The van der Waals surface area contributed by atoms with Crippen LogP contribution in [0.1, 0.15) is 11.1 Å². The van der Waals surface area contributed by atoms with E-state index in [4.69, 9.17) is 0 Å². The summed E-state index contributed by atoms with van der Waals surface area (Å²) in [6, 6.07) is 35.4. The van der Waals surface area contributed by atoms with Crippen LogP contribution in [0.3, 0.4) is 0 Å². The van der Waals surface area contributed by atoms with E-state index < -0.39 is 0 Å². The fraction of sp³-hybridized carbons (Fsp3) is 0.0769. The Morgan fingerprint density at radius 2 is 0.931 bits per heavy atom. The van der Waals surface area contributed by atoms with E-state index in [9.17, 15) is 0 Å². The normalized spacial score (nSPS) is 10.8. The zero-order chi connectivity index (χ0) is 20.1. The zero-order valence-corrected chi connectivity index (χ0v) is 20.7. The van der Waals surface area contributed by atoms with Crippen molar-refractivity contribution in [3.05, 3.63) is 108 Å². The number of hydrogen-bond acceptors (Lipinski definition) is 1. The molecule has 0 aliphatic rings. The SMILES string of the molecule is Cc1ccc([Se]S[Se]c2ccc(C)cc2-c2ccccc2)c(-c2ccccc2)c1. The van der Waals surface area contributed by atoms with Gasteiger partial charge in [0.1, 0.15) is 0 Å². The van der Waals surface area contributed by atoms with E-state index in [1.807, 2.05) is 0 Å². The van der Waals surface area contributed by atoms with Gasteiger partial charge in [-0.1, -0.05) is 0 Å². The quantitative estimate of drug-likeness (QED) is 0.298. The van der Waals surface area contributed by atoms with Crippen molar-refractivity contribution < 1.29 is 0 Å². The van der Waals surface area contributed by atoms with Crippen LogP contribution < -0.4 is 8.92 Å². The first-order valence-electron chi connectivity index (χ1n) is 9.54. The number of benzene rings is 4. The summed E-state index contributed by atoms with van der Waals surface area (Å²) in [5.74, 6) is 0. The Morgan fingerprint density at radius 1 is 0.517 bits per heavy atom. The van der Waals surface area contributed by atoms with Crippen LogP contribution in [0.15, 0.2) is 97.1 Å². The van der Waals surface area contributed by atoms with Gasteiger partial charge >= 0.3 is 189 Å². The Morgan fingerprint density at radius 3 is 1.34 bits per heavy atom. The molecule has 0 amide bonds. The zero-order valence-electron chi connectivity index (χ0n) is 16.5. The standard InChI is InChI=1S/C26H22SSe2/c1-19-13-15-25(23(17-19)21-9-5-3-6-10-21)28-27-29-26-16-14-20(2)18-24(26)22-11-7-4-8-12-22/h3-18H,1-2H3. The minimum absolute atomic E-state index is 0.387. The molecular formula is C26H22SSe2. The second kappa shape index (κ2) is 9.85. The number of aryl methyl sites for hydroxylation is 2. The Kier molecular flexibility index (Phi) is 6.97. The molecule has 0 fully saturated rings. The van der Waals surface area contributed by atoms with Gasteiger partial charge in [-0.3, -0.25) is 0 Å². The molecule has 0 saturated heterocycles. The first-order chi connectivity index (χ1) is 14.2. The molecule has 0 aromatic heterocycles. The average molecular weight is 524 g/mol. The molecule has 0 radical (unpaired) electrons. The van der Waals surface area contributed by atoms with Gasteiger partial charge in [0, 0.05) is 0 Å². The average Bonchev–Trinajstić information content (AvgIpc) is 2.77. The van der Waals surface area contributed by atoms with Crippen LogP contribution in [-0.4, -0.2) is 27.7 Å². The van der Waals surface area contributed by atoms with Gasteiger partial charge in [0.15, 0.2) is 0 Å². The van der Waals surface area contributed by atoms with E-state index in [2.05, 4.69) is 120 Å². The number of rotatable bonds is 6. The maximum atomic E-state index is 2.33. The molecule has 144 valence electrons. The topological polar surface area (TPSA) is 0 Å². The van der Waals surface area contributed by atoms with Crippen molar-refractivity contribution in [2.24, 2.45) is 0 Å². The fourth-order valence-corrected chi connectivity index (χ4v) is 13.6. The Bertz CT molecular complexity index is 1000. The van der Waals surface area contributed by atoms with E-state index in [1.54, 1.807) is 0 Å².